The zero-order valence-electron chi connectivity index (χ0n) is 10.6. The van der Waals surface area contributed by atoms with Crippen LogP contribution in [0, 0.1) is 0 Å². The van der Waals surface area contributed by atoms with Crippen LogP contribution in [-0.4, -0.2) is 17.0 Å². The third kappa shape index (κ3) is 2.96. The second kappa shape index (κ2) is 5.05. The van der Waals surface area contributed by atoms with Crippen molar-refractivity contribution in [2.24, 2.45) is 0 Å². The summed E-state index contributed by atoms with van der Waals surface area (Å²) < 4.78 is 5.74. The van der Waals surface area contributed by atoms with Crippen molar-refractivity contribution >= 4 is 17.4 Å². The van der Waals surface area contributed by atoms with E-state index in [1.54, 1.807) is 18.2 Å². The van der Waals surface area contributed by atoms with Gasteiger partial charge >= 0.3 is 0 Å². The second-order valence-corrected chi connectivity index (χ2v) is 4.97. The summed E-state index contributed by atoms with van der Waals surface area (Å²) in [4.78, 5) is 8.90. The van der Waals surface area contributed by atoms with Crippen LogP contribution in [0.5, 0.6) is 11.6 Å². The third-order valence-electron chi connectivity index (χ3n) is 2.95. The Labute approximate surface area is 116 Å². The Hall–Kier alpha value is -1.81. The number of benzene rings is 1. The number of hydrogen-bond donors (Lipinski definition) is 1. The Bertz CT molecular complexity index is 582. The van der Waals surface area contributed by atoms with Crippen LogP contribution in [0.4, 0.5) is 5.82 Å². The van der Waals surface area contributed by atoms with E-state index in [0.717, 1.165) is 24.5 Å². The van der Waals surface area contributed by atoms with Crippen LogP contribution >= 0.6 is 11.6 Å². The monoisotopic (exact) mass is 275 g/mol. The van der Waals surface area contributed by atoms with Gasteiger partial charge in [0.2, 0.25) is 5.88 Å². The fourth-order valence-corrected chi connectivity index (χ4v) is 1.90. The van der Waals surface area contributed by atoms with Gasteiger partial charge in [-0.05, 0) is 37.1 Å². The first-order valence-corrected chi connectivity index (χ1v) is 6.62. The van der Waals surface area contributed by atoms with E-state index in [1.165, 1.54) is 0 Å². The van der Waals surface area contributed by atoms with Gasteiger partial charge in [0.15, 0.2) is 0 Å². The molecule has 1 N–H and O–H groups in total. The zero-order chi connectivity index (χ0) is 13.2. The van der Waals surface area contributed by atoms with Crippen molar-refractivity contribution in [3.63, 3.8) is 0 Å². The van der Waals surface area contributed by atoms with Crippen LogP contribution in [0.3, 0.4) is 0 Å². The first-order valence-electron chi connectivity index (χ1n) is 6.25. The van der Waals surface area contributed by atoms with Gasteiger partial charge in [-0.2, -0.15) is 4.98 Å². The van der Waals surface area contributed by atoms with Gasteiger partial charge in [-0.3, -0.25) is 0 Å². The van der Waals surface area contributed by atoms with Crippen molar-refractivity contribution in [1.29, 1.82) is 0 Å². The van der Waals surface area contributed by atoms with E-state index in [-0.39, 0.29) is 0 Å². The van der Waals surface area contributed by atoms with E-state index >= 15 is 0 Å². The van der Waals surface area contributed by atoms with E-state index in [1.807, 2.05) is 19.2 Å². The molecule has 0 bridgehead atoms. The highest BCUT2D eigenvalue weighted by molar-refractivity contribution is 6.30. The fourth-order valence-electron chi connectivity index (χ4n) is 1.77. The van der Waals surface area contributed by atoms with Crippen LogP contribution in [0.1, 0.15) is 24.6 Å². The fraction of sp³-hybridized carbons (Fsp3) is 0.286. The summed E-state index contributed by atoms with van der Waals surface area (Å²) in [6, 6.07) is 9.01. The molecule has 0 spiro atoms. The molecule has 5 heteroatoms. The predicted molar refractivity (Wildman–Crippen MR) is 75.1 cm³/mol. The molecular formula is C14H14ClN3O. The van der Waals surface area contributed by atoms with Gasteiger partial charge in [0.05, 0.1) is 0 Å². The lowest BCUT2D eigenvalue weighted by Crippen LogP contribution is -2.00. The molecule has 3 rings (SSSR count). The number of halogens is 1. The summed E-state index contributed by atoms with van der Waals surface area (Å²) in [5, 5.41) is 3.72. The molecule has 0 radical (unpaired) electrons. The van der Waals surface area contributed by atoms with Gasteiger partial charge in [0.1, 0.15) is 17.4 Å². The normalized spacial score (nSPS) is 14.2. The van der Waals surface area contributed by atoms with E-state index in [9.17, 15) is 0 Å². The maximum absolute atomic E-state index is 5.85. The smallest absolute Gasteiger partial charge is 0.224 e. The zero-order valence-corrected chi connectivity index (χ0v) is 11.3. The molecule has 0 amide bonds. The molecule has 1 saturated carbocycles. The van der Waals surface area contributed by atoms with E-state index in [2.05, 4.69) is 15.3 Å². The summed E-state index contributed by atoms with van der Waals surface area (Å²) in [5.41, 5.74) is 0. The largest absolute Gasteiger partial charge is 0.439 e. The number of nitrogens with one attached hydrogen (secondary N) is 1. The minimum atomic E-state index is 0.487. The molecule has 1 aromatic carbocycles. The molecule has 0 saturated heterocycles. The topological polar surface area (TPSA) is 47.0 Å². The number of anilines is 1. The van der Waals surface area contributed by atoms with Gasteiger partial charge < -0.3 is 10.1 Å². The molecule has 19 heavy (non-hydrogen) atoms. The number of aromatic nitrogens is 2. The average molecular weight is 276 g/mol. The molecule has 0 aliphatic heterocycles. The minimum absolute atomic E-state index is 0.487. The van der Waals surface area contributed by atoms with Gasteiger partial charge in [-0.1, -0.05) is 11.6 Å². The van der Waals surface area contributed by atoms with Crippen LogP contribution < -0.4 is 10.1 Å². The molecule has 1 fully saturated rings. The van der Waals surface area contributed by atoms with E-state index < -0.39 is 0 Å². The highest BCUT2D eigenvalue weighted by atomic mass is 35.5. The molecule has 1 heterocycles. The summed E-state index contributed by atoms with van der Waals surface area (Å²) in [6.45, 7) is 0. The van der Waals surface area contributed by atoms with Crippen LogP contribution in [0.25, 0.3) is 0 Å². The lowest BCUT2D eigenvalue weighted by atomic mass is 10.3. The quantitative estimate of drug-likeness (QED) is 0.921. The maximum Gasteiger partial charge on any atom is 0.224 e. The average Bonchev–Trinajstić information content (AvgIpc) is 3.25. The Morgan fingerprint density at radius 1 is 1.21 bits per heavy atom. The summed E-state index contributed by atoms with van der Waals surface area (Å²) in [6.07, 6.45) is 2.32. The van der Waals surface area contributed by atoms with Gasteiger partial charge in [-0.15, -0.1) is 0 Å². The minimum Gasteiger partial charge on any atom is -0.439 e. The summed E-state index contributed by atoms with van der Waals surface area (Å²) in [5.74, 6) is 3.40. The second-order valence-electron chi connectivity index (χ2n) is 4.53. The Morgan fingerprint density at radius 3 is 2.58 bits per heavy atom. The molecule has 1 aliphatic carbocycles. The van der Waals surface area contributed by atoms with Crippen molar-refractivity contribution < 1.29 is 4.74 Å². The number of hydrogen-bond acceptors (Lipinski definition) is 4. The van der Waals surface area contributed by atoms with Crippen LogP contribution in [-0.2, 0) is 0 Å². The summed E-state index contributed by atoms with van der Waals surface area (Å²) >= 11 is 5.85. The first-order chi connectivity index (χ1) is 9.24. The molecule has 0 unspecified atom stereocenters. The maximum atomic E-state index is 5.85. The third-order valence-corrected chi connectivity index (χ3v) is 3.21. The Kier molecular flexibility index (Phi) is 3.25. The highest BCUT2D eigenvalue weighted by Crippen LogP contribution is 2.39. The Morgan fingerprint density at radius 2 is 1.95 bits per heavy atom. The van der Waals surface area contributed by atoms with Gasteiger partial charge in [0, 0.05) is 24.1 Å². The molecule has 98 valence electrons. The standard InChI is InChI=1S/C14H14ClN3O/c1-16-12-8-13(18-14(17-12)9-2-3-9)19-11-6-4-10(15)5-7-11/h4-9H,2-3H2,1H3,(H,16,17,18). The van der Waals surface area contributed by atoms with Crippen molar-refractivity contribution in [1.82, 2.24) is 9.97 Å². The lowest BCUT2D eigenvalue weighted by molar-refractivity contribution is 0.459. The van der Waals surface area contributed by atoms with Crippen LogP contribution in [0.2, 0.25) is 5.02 Å². The number of nitrogens with zero attached hydrogens (tertiary/aromatic N) is 2. The molecular weight excluding hydrogens is 262 g/mol. The van der Waals surface area contributed by atoms with E-state index in [4.69, 9.17) is 16.3 Å². The molecule has 1 aliphatic rings. The van der Waals surface area contributed by atoms with Crippen LogP contribution in [0.15, 0.2) is 30.3 Å². The SMILES string of the molecule is CNc1cc(Oc2ccc(Cl)cc2)nc(C2CC2)n1. The predicted octanol–water partition coefficient (Wildman–Crippen LogP) is 3.84. The Balaban J connectivity index is 1.86. The van der Waals surface area contributed by atoms with Crippen molar-refractivity contribution in [3.05, 3.63) is 41.2 Å². The molecule has 4 nitrogen and oxygen atoms in total. The van der Waals surface area contributed by atoms with Crippen molar-refractivity contribution in [3.8, 4) is 11.6 Å². The first kappa shape index (κ1) is 12.2. The molecule has 2 aromatic rings. The lowest BCUT2D eigenvalue weighted by Gasteiger charge is -2.08. The van der Waals surface area contributed by atoms with Gasteiger partial charge in [0.25, 0.3) is 0 Å². The number of rotatable bonds is 4. The summed E-state index contributed by atoms with van der Waals surface area (Å²) in [7, 11) is 1.84. The van der Waals surface area contributed by atoms with Crippen molar-refractivity contribution in [2.75, 3.05) is 12.4 Å². The molecule has 1 aromatic heterocycles. The van der Waals surface area contributed by atoms with Crippen molar-refractivity contribution in [2.45, 2.75) is 18.8 Å². The molecule has 0 atom stereocenters. The number of ether oxygens (including phenoxy) is 1. The highest BCUT2D eigenvalue weighted by Gasteiger charge is 2.27. The van der Waals surface area contributed by atoms with E-state index in [0.29, 0.717) is 22.6 Å². The van der Waals surface area contributed by atoms with Gasteiger partial charge in [-0.25, -0.2) is 4.98 Å².